The van der Waals surface area contributed by atoms with Gasteiger partial charge in [0.2, 0.25) is 0 Å². The predicted molar refractivity (Wildman–Crippen MR) is 61.8 cm³/mol. The SMILES string of the molecule is CC1OCCC1Sc1ncccc1CN. The van der Waals surface area contributed by atoms with Crippen LogP contribution in [0.3, 0.4) is 0 Å². The molecular formula is C11H16N2OS. The molecule has 1 aliphatic rings. The van der Waals surface area contributed by atoms with Gasteiger partial charge in [0.1, 0.15) is 5.03 Å². The highest BCUT2D eigenvalue weighted by Gasteiger charge is 2.26. The molecular weight excluding hydrogens is 208 g/mol. The molecule has 0 spiro atoms. The molecule has 82 valence electrons. The van der Waals surface area contributed by atoms with E-state index in [9.17, 15) is 0 Å². The van der Waals surface area contributed by atoms with Gasteiger partial charge in [0.25, 0.3) is 0 Å². The quantitative estimate of drug-likeness (QED) is 0.850. The third kappa shape index (κ3) is 2.51. The van der Waals surface area contributed by atoms with Gasteiger partial charge in [-0.2, -0.15) is 0 Å². The van der Waals surface area contributed by atoms with E-state index in [4.69, 9.17) is 10.5 Å². The summed E-state index contributed by atoms with van der Waals surface area (Å²) in [5, 5.41) is 1.58. The maximum Gasteiger partial charge on any atom is 0.101 e. The molecule has 1 saturated heterocycles. The molecule has 1 aromatic heterocycles. The van der Waals surface area contributed by atoms with Gasteiger partial charge in [-0.1, -0.05) is 17.8 Å². The van der Waals surface area contributed by atoms with Gasteiger partial charge in [0, 0.05) is 24.6 Å². The number of rotatable bonds is 3. The van der Waals surface area contributed by atoms with Crippen LogP contribution in [0.15, 0.2) is 23.4 Å². The van der Waals surface area contributed by atoms with Crippen molar-refractivity contribution in [2.75, 3.05) is 6.61 Å². The average molecular weight is 224 g/mol. The molecule has 2 atom stereocenters. The molecule has 2 rings (SSSR count). The summed E-state index contributed by atoms with van der Waals surface area (Å²) in [7, 11) is 0. The van der Waals surface area contributed by atoms with E-state index in [0.29, 0.717) is 17.9 Å². The van der Waals surface area contributed by atoms with Crippen LogP contribution in [0.25, 0.3) is 0 Å². The summed E-state index contributed by atoms with van der Waals surface area (Å²) in [6.07, 6.45) is 3.25. The summed E-state index contributed by atoms with van der Waals surface area (Å²) < 4.78 is 5.53. The molecule has 0 bridgehead atoms. The number of hydrogen-bond acceptors (Lipinski definition) is 4. The lowest BCUT2D eigenvalue weighted by Gasteiger charge is -2.14. The van der Waals surface area contributed by atoms with Gasteiger partial charge in [-0.25, -0.2) is 4.98 Å². The van der Waals surface area contributed by atoms with Crippen molar-refractivity contribution >= 4 is 11.8 Å². The van der Waals surface area contributed by atoms with E-state index in [1.165, 1.54) is 0 Å². The van der Waals surface area contributed by atoms with Gasteiger partial charge in [-0.15, -0.1) is 0 Å². The fraction of sp³-hybridized carbons (Fsp3) is 0.545. The summed E-state index contributed by atoms with van der Waals surface area (Å²) in [5.74, 6) is 0. The Hall–Kier alpha value is -0.580. The first-order chi connectivity index (χ1) is 7.31. The minimum absolute atomic E-state index is 0.322. The van der Waals surface area contributed by atoms with E-state index in [1.54, 1.807) is 11.8 Å². The van der Waals surface area contributed by atoms with Crippen LogP contribution in [0.1, 0.15) is 18.9 Å². The third-order valence-electron chi connectivity index (χ3n) is 2.64. The number of ether oxygens (including phenoxy) is 1. The van der Waals surface area contributed by atoms with Crippen molar-refractivity contribution in [3.8, 4) is 0 Å². The highest BCUT2D eigenvalue weighted by atomic mass is 32.2. The van der Waals surface area contributed by atoms with E-state index in [1.807, 2.05) is 18.3 Å². The molecule has 0 aromatic carbocycles. The predicted octanol–water partition coefficient (Wildman–Crippen LogP) is 1.81. The highest BCUT2D eigenvalue weighted by molar-refractivity contribution is 8.00. The molecule has 0 saturated carbocycles. The number of nitrogens with zero attached hydrogens (tertiary/aromatic N) is 1. The molecule has 3 nitrogen and oxygen atoms in total. The van der Waals surface area contributed by atoms with Crippen LogP contribution in [0.5, 0.6) is 0 Å². The summed E-state index contributed by atoms with van der Waals surface area (Å²) in [6.45, 7) is 3.54. The first-order valence-corrected chi connectivity index (χ1v) is 6.11. The van der Waals surface area contributed by atoms with E-state index >= 15 is 0 Å². The fourth-order valence-corrected chi connectivity index (χ4v) is 2.89. The van der Waals surface area contributed by atoms with Crippen LogP contribution in [0.2, 0.25) is 0 Å². The molecule has 0 aliphatic carbocycles. The Labute approximate surface area is 94.4 Å². The molecule has 2 unspecified atom stereocenters. The molecule has 0 amide bonds. The normalized spacial score (nSPS) is 25.7. The largest absolute Gasteiger partial charge is 0.377 e. The lowest BCUT2D eigenvalue weighted by molar-refractivity contribution is 0.127. The topological polar surface area (TPSA) is 48.1 Å². The van der Waals surface area contributed by atoms with Crippen molar-refractivity contribution in [1.29, 1.82) is 0 Å². The Morgan fingerprint density at radius 3 is 3.20 bits per heavy atom. The van der Waals surface area contributed by atoms with E-state index in [0.717, 1.165) is 23.6 Å². The van der Waals surface area contributed by atoms with Crippen molar-refractivity contribution in [2.24, 2.45) is 5.73 Å². The maximum atomic E-state index is 5.67. The van der Waals surface area contributed by atoms with Crippen molar-refractivity contribution in [1.82, 2.24) is 4.98 Å². The molecule has 2 N–H and O–H groups in total. The lowest BCUT2D eigenvalue weighted by atomic mass is 10.2. The molecule has 4 heteroatoms. The third-order valence-corrected chi connectivity index (χ3v) is 4.15. The minimum atomic E-state index is 0.322. The first-order valence-electron chi connectivity index (χ1n) is 5.23. The Morgan fingerprint density at radius 1 is 1.67 bits per heavy atom. The number of nitrogens with two attached hydrogens (primary N) is 1. The zero-order valence-electron chi connectivity index (χ0n) is 8.85. The van der Waals surface area contributed by atoms with Gasteiger partial charge in [-0.05, 0) is 25.0 Å². The van der Waals surface area contributed by atoms with Crippen molar-refractivity contribution in [3.63, 3.8) is 0 Å². The van der Waals surface area contributed by atoms with Crippen LogP contribution in [-0.4, -0.2) is 22.9 Å². The number of hydrogen-bond donors (Lipinski definition) is 1. The summed E-state index contributed by atoms with van der Waals surface area (Å²) in [5.41, 5.74) is 6.80. The molecule has 1 aromatic rings. The molecule has 2 heterocycles. The van der Waals surface area contributed by atoms with Crippen LogP contribution < -0.4 is 5.73 Å². The van der Waals surface area contributed by atoms with Gasteiger partial charge in [0.15, 0.2) is 0 Å². The Balaban J connectivity index is 2.09. The van der Waals surface area contributed by atoms with Crippen LogP contribution in [0, 0.1) is 0 Å². The van der Waals surface area contributed by atoms with E-state index < -0.39 is 0 Å². The standard InChI is InChI=1S/C11H16N2OS/c1-8-10(4-6-14-8)15-11-9(7-12)3-2-5-13-11/h2-3,5,8,10H,4,6-7,12H2,1H3. The molecule has 1 aliphatic heterocycles. The van der Waals surface area contributed by atoms with Crippen molar-refractivity contribution in [2.45, 2.75) is 36.3 Å². The zero-order chi connectivity index (χ0) is 10.7. The second-order valence-electron chi connectivity index (χ2n) is 3.69. The number of pyridine rings is 1. The molecule has 15 heavy (non-hydrogen) atoms. The second-order valence-corrected chi connectivity index (χ2v) is 4.92. The molecule has 0 radical (unpaired) electrons. The zero-order valence-corrected chi connectivity index (χ0v) is 9.67. The highest BCUT2D eigenvalue weighted by Crippen LogP contribution is 2.32. The number of thioether (sulfide) groups is 1. The number of aromatic nitrogens is 1. The van der Waals surface area contributed by atoms with Crippen molar-refractivity contribution < 1.29 is 4.74 Å². The van der Waals surface area contributed by atoms with Crippen LogP contribution in [-0.2, 0) is 11.3 Å². The summed E-state index contributed by atoms with van der Waals surface area (Å²) in [6, 6.07) is 3.97. The minimum Gasteiger partial charge on any atom is -0.377 e. The Bertz CT molecular complexity index is 332. The Morgan fingerprint density at radius 2 is 2.53 bits per heavy atom. The Kier molecular flexibility index (Phi) is 3.61. The fourth-order valence-electron chi connectivity index (χ4n) is 1.70. The van der Waals surface area contributed by atoms with Crippen LogP contribution in [0.4, 0.5) is 0 Å². The van der Waals surface area contributed by atoms with Gasteiger partial charge < -0.3 is 10.5 Å². The first kappa shape index (κ1) is 10.9. The average Bonchev–Trinajstić information content (AvgIpc) is 2.65. The lowest BCUT2D eigenvalue weighted by Crippen LogP contribution is -2.14. The van der Waals surface area contributed by atoms with Gasteiger partial charge in [-0.3, -0.25) is 0 Å². The van der Waals surface area contributed by atoms with Gasteiger partial charge in [0.05, 0.1) is 6.10 Å². The smallest absolute Gasteiger partial charge is 0.101 e. The van der Waals surface area contributed by atoms with E-state index in [-0.39, 0.29) is 0 Å². The molecule has 1 fully saturated rings. The monoisotopic (exact) mass is 224 g/mol. The van der Waals surface area contributed by atoms with E-state index in [2.05, 4.69) is 11.9 Å². The maximum absolute atomic E-state index is 5.67. The second kappa shape index (κ2) is 4.96. The van der Waals surface area contributed by atoms with Gasteiger partial charge >= 0.3 is 0 Å². The van der Waals surface area contributed by atoms with Crippen molar-refractivity contribution in [3.05, 3.63) is 23.9 Å². The summed E-state index contributed by atoms with van der Waals surface area (Å²) >= 11 is 1.79. The summed E-state index contributed by atoms with van der Waals surface area (Å²) in [4.78, 5) is 4.37. The van der Waals surface area contributed by atoms with Crippen LogP contribution >= 0.6 is 11.8 Å².